The molecule has 1 fully saturated rings. The maximum Gasteiger partial charge on any atom is 0.265 e. The van der Waals surface area contributed by atoms with Crippen molar-refractivity contribution in [3.63, 3.8) is 0 Å². The summed E-state index contributed by atoms with van der Waals surface area (Å²) in [5, 5.41) is 3.47. The smallest absolute Gasteiger partial charge is 0.265 e. The highest BCUT2D eigenvalue weighted by molar-refractivity contribution is 6.35. The largest absolute Gasteiger partial charge is 0.479 e. The second-order valence-corrected chi connectivity index (χ2v) is 7.38. The first kappa shape index (κ1) is 19.8. The molecular formula is C20H21Cl2FN2O2. The van der Waals surface area contributed by atoms with Crippen LogP contribution in [0.15, 0.2) is 36.4 Å². The van der Waals surface area contributed by atoms with Gasteiger partial charge in [-0.1, -0.05) is 23.2 Å². The summed E-state index contributed by atoms with van der Waals surface area (Å²) < 4.78 is 20.0. The minimum absolute atomic E-state index is 0.319. The summed E-state index contributed by atoms with van der Waals surface area (Å²) in [5.74, 6) is -0.384. The normalized spacial score (nSPS) is 15.3. The molecule has 1 amide bonds. The third kappa shape index (κ3) is 5.05. The van der Waals surface area contributed by atoms with Crippen LogP contribution >= 0.6 is 23.2 Å². The van der Waals surface area contributed by atoms with Gasteiger partial charge in [0.15, 0.2) is 6.10 Å². The summed E-state index contributed by atoms with van der Waals surface area (Å²) in [6.07, 6.45) is 2.51. The van der Waals surface area contributed by atoms with E-state index in [-0.39, 0.29) is 5.82 Å². The Morgan fingerprint density at radius 1 is 1.15 bits per heavy atom. The lowest BCUT2D eigenvalue weighted by atomic mass is 10.1. The fraction of sp³-hybridized carbons (Fsp3) is 0.350. The Balaban J connectivity index is 1.63. The monoisotopic (exact) mass is 410 g/mol. The van der Waals surface area contributed by atoms with Gasteiger partial charge in [-0.2, -0.15) is 0 Å². The number of piperidine rings is 1. The van der Waals surface area contributed by atoms with E-state index in [4.69, 9.17) is 27.9 Å². The van der Waals surface area contributed by atoms with Crippen LogP contribution in [0.5, 0.6) is 5.75 Å². The number of anilines is 2. The predicted molar refractivity (Wildman–Crippen MR) is 108 cm³/mol. The van der Waals surface area contributed by atoms with Gasteiger partial charge in [-0.25, -0.2) is 4.39 Å². The molecule has 0 radical (unpaired) electrons. The number of carbonyl (C=O) groups excluding carboxylic acids is 1. The first-order valence-electron chi connectivity index (χ1n) is 8.91. The molecule has 0 aliphatic carbocycles. The lowest BCUT2D eigenvalue weighted by molar-refractivity contribution is -0.122. The molecule has 1 aliphatic heterocycles. The van der Waals surface area contributed by atoms with Crippen molar-refractivity contribution in [3.8, 4) is 5.75 Å². The van der Waals surface area contributed by atoms with Gasteiger partial charge >= 0.3 is 0 Å². The number of carbonyl (C=O) groups is 1. The maximum absolute atomic E-state index is 14.5. The topological polar surface area (TPSA) is 41.6 Å². The minimum Gasteiger partial charge on any atom is -0.479 e. The van der Waals surface area contributed by atoms with Gasteiger partial charge in [0.1, 0.15) is 11.6 Å². The standard InChI is InChI=1S/C20H21Cl2FN2O2/c1-13(27-19-8-5-14(21)11-16(19)22)20(26)24-15-6-7-18(17(23)12-15)25-9-3-2-4-10-25/h5-8,11-13H,2-4,9-10H2,1H3,(H,24,26). The molecular weight excluding hydrogens is 390 g/mol. The van der Waals surface area contributed by atoms with Crippen molar-refractivity contribution in [2.75, 3.05) is 23.3 Å². The van der Waals surface area contributed by atoms with Gasteiger partial charge in [0.2, 0.25) is 0 Å². The third-order valence-corrected chi connectivity index (χ3v) is 5.01. The lowest BCUT2D eigenvalue weighted by Gasteiger charge is -2.29. The maximum atomic E-state index is 14.5. The van der Waals surface area contributed by atoms with Gasteiger partial charge in [0.05, 0.1) is 10.7 Å². The summed E-state index contributed by atoms with van der Waals surface area (Å²) in [7, 11) is 0. The molecule has 27 heavy (non-hydrogen) atoms. The van der Waals surface area contributed by atoms with Gasteiger partial charge in [-0.3, -0.25) is 4.79 Å². The summed E-state index contributed by atoms with van der Waals surface area (Å²) in [4.78, 5) is 14.4. The molecule has 0 spiro atoms. The molecule has 4 nitrogen and oxygen atoms in total. The quantitative estimate of drug-likeness (QED) is 0.704. The zero-order chi connectivity index (χ0) is 19.4. The predicted octanol–water partition coefficient (Wildman–Crippen LogP) is 5.53. The number of ether oxygens (including phenoxy) is 1. The second-order valence-electron chi connectivity index (χ2n) is 6.54. The van der Waals surface area contributed by atoms with Crippen LogP contribution in [0.4, 0.5) is 15.8 Å². The van der Waals surface area contributed by atoms with Crippen molar-refractivity contribution in [2.24, 2.45) is 0 Å². The molecule has 1 aliphatic rings. The van der Waals surface area contributed by atoms with Crippen molar-refractivity contribution in [2.45, 2.75) is 32.3 Å². The fourth-order valence-corrected chi connectivity index (χ4v) is 3.49. The molecule has 3 rings (SSSR count). The molecule has 0 bridgehead atoms. The van der Waals surface area contributed by atoms with Crippen LogP contribution in [-0.4, -0.2) is 25.1 Å². The zero-order valence-corrected chi connectivity index (χ0v) is 16.5. The molecule has 0 saturated carbocycles. The second kappa shape index (κ2) is 8.81. The van der Waals surface area contributed by atoms with Crippen LogP contribution in [0.25, 0.3) is 0 Å². The Hall–Kier alpha value is -1.98. The van der Waals surface area contributed by atoms with E-state index < -0.39 is 12.0 Å². The summed E-state index contributed by atoms with van der Waals surface area (Å²) >= 11 is 11.9. The molecule has 2 aromatic carbocycles. The van der Waals surface area contributed by atoms with E-state index in [1.165, 1.54) is 18.6 Å². The number of nitrogens with one attached hydrogen (secondary N) is 1. The first-order chi connectivity index (χ1) is 12.9. The molecule has 1 unspecified atom stereocenters. The van der Waals surface area contributed by atoms with Gasteiger partial charge in [-0.15, -0.1) is 0 Å². The number of nitrogens with zero attached hydrogens (tertiary/aromatic N) is 1. The van der Waals surface area contributed by atoms with E-state index >= 15 is 0 Å². The Labute approximate surface area is 168 Å². The Morgan fingerprint density at radius 3 is 2.56 bits per heavy atom. The SMILES string of the molecule is CC(Oc1ccc(Cl)cc1Cl)C(=O)Nc1ccc(N2CCCCC2)c(F)c1. The lowest BCUT2D eigenvalue weighted by Crippen LogP contribution is -2.31. The van der Waals surface area contributed by atoms with Gasteiger partial charge in [0, 0.05) is 23.8 Å². The van der Waals surface area contributed by atoms with Crippen LogP contribution in [-0.2, 0) is 4.79 Å². The van der Waals surface area contributed by atoms with E-state index in [2.05, 4.69) is 5.32 Å². The van der Waals surface area contributed by atoms with Crippen LogP contribution in [0, 0.1) is 5.82 Å². The Morgan fingerprint density at radius 2 is 1.89 bits per heavy atom. The minimum atomic E-state index is -0.812. The van der Waals surface area contributed by atoms with Crippen LogP contribution in [0.1, 0.15) is 26.2 Å². The van der Waals surface area contributed by atoms with Gasteiger partial charge < -0.3 is 15.0 Å². The number of amides is 1. The Kier molecular flexibility index (Phi) is 6.45. The fourth-order valence-electron chi connectivity index (χ4n) is 3.03. The first-order valence-corrected chi connectivity index (χ1v) is 9.66. The van der Waals surface area contributed by atoms with Crippen molar-refractivity contribution in [3.05, 3.63) is 52.3 Å². The number of halogens is 3. The van der Waals surface area contributed by atoms with Crippen LogP contribution in [0.3, 0.4) is 0 Å². The molecule has 144 valence electrons. The average molecular weight is 411 g/mol. The van der Waals surface area contributed by atoms with E-state index in [9.17, 15) is 9.18 Å². The van der Waals surface area contributed by atoms with E-state index in [1.807, 2.05) is 4.90 Å². The highest BCUT2D eigenvalue weighted by atomic mass is 35.5. The number of rotatable bonds is 5. The number of hydrogen-bond acceptors (Lipinski definition) is 3. The van der Waals surface area contributed by atoms with Gasteiger partial charge in [-0.05, 0) is 62.6 Å². The van der Waals surface area contributed by atoms with E-state index in [0.717, 1.165) is 25.9 Å². The van der Waals surface area contributed by atoms with E-state index in [0.29, 0.717) is 27.2 Å². The zero-order valence-electron chi connectivity index (χ0n) is 15.0. The third-order valence-electron chi connectivity index (χ3n) is 4.48. The highest BCUT2D eigenvalue weighted by Crippen LogP contribution is 2.29. The molecule has 2 aromatic rings. The van der Waals surface area contributed by atoms with Crippen molar-refractivity contribution in [1.29, 1.82) is 0 Å². The summed E-state index contributed by atoms with van der Waals surface area (Å²) in [6, 6.07) is 9.51. The molecule has 7 heteroatoms. The van der Waals surface area contributed by atoms with Crippen molar-refractivity contribution >= 4 is 40.5 Å². The number of benzene rings is 2. The van der Waals surface area contributed by atoms with Crippen LogP contribution in [0.2, 0.25) is 10.0 Å². The average Bonchev–Trinajstić information content (AvgIpc) is 2.64. The van der Waals surface area contributed by atoms with E-state index in [1.54, 1.807) is 31.2 Å². The summed E-state index contributed by atoms with van der Waals surface area (Å²) in [5.41, 5.74) is 0.959. The molecule has 0 aromatic heterocycles. The summed E-state index contributed by atoms with van der Waals surface area (Å²) in [6.45, 7) is 3.31. The van der Waals surface area contributed by atoms with Crippen LogP contribution < -0.4 is 15.0 Å². The highest BCUT2D eigenvalue weighted by Gasteiger charge is 2.19. The van der Waals surface area contributed by atoms with Crippen molar-refractivity contribution in [1.82, 2.24) is 0 Å². The molecule has 1 N–H and O–H groups in total. The number of hydrogen-bond donors (Lipinski definition) is 1. The van der Waals surface area contributed by atoms with Gasteiger partial charge in [0.25, 0.3) is 5.91 Å². The molecule has 1 heterocycles. The molecule has 1 atom stereocenters. The van der Waals surface area contributed by atoms with Crippen molar-refractivity contribution < 1.29 is 13.9 Å². The Bertz CT molecular complexity index is 826. The molecule has 1 saturated heterocycles.